The van der Waals surface area contributed by atoms with Crippen molar-refractivity contribution in [1.29, 1.82) is 0 Å². The molecule has 0 radical (unpaired) electrons. The molecule has 0 aliphatic rings. The van der Waals surface area contributed by atoms with Gasteiger partial charge in [0.05, 0.1) is 18.4 Å². The van der Waals surface area contributed by atoms with Crippen LogP contribution in [0.2, 0.25) is 0 Å². The molecule has 2 N–H and O–H groups in total. The number of hydrogen-bond donors (Lipinski definition) is 2. The SMILES string of the molecule is CCc1ncc(CNC(=O)C(F)(F)F)[nH]1. The molecule has 0 aromatic carbocycles. The summed E-state index contributed by atoms with van der Waals surface area (Å²) in [5.74, 6) is -1.28. The van der Waals surface area contributed by atoms with Crippen molar-refractivity contribution in [2.24, 2.45) is 0 Å². The summed E-state index contributed by atoms with van der Waals surface area (Å²) in [7, 11) is 0. The average molecular weight is 221 g/mol. The molecule has 0 saturated heterocycles. The van der Waals surface area contributed by atoms with Crippen molar-refractivity contribution >= 4 is 5.91 Å². The lowest BCUT2D eigenvalue weighted by Gasteiger charge is -2.05. The highest BCUT2D eigenvalue weighted by atomic mass is 19.4. The van der Waals surface area contributed by atoms with Crippen LogP contribution in [0.3, 0.4) is 0 Å². The molecule has 0 unspecified atom stereocenters. The second-order valence-electron chi connectivity index (χ2n) is 2.89. The van der Waals surface area contributed by atoms with Crippen molar-refractivity contribution in [2.75, 3.05) is 0 Å². The van der Waals surface area contributed by atoms with Gasteiger partial charge < -0.3 is 10.3 Å². The molecule has 0 saturated carbocycles. The molecule has 4 nitrogen and oxygen atoms in total. The summed E-state index contributed by atoms with van der Waals surface area (Å²) < 4.78 is 35.4. The minimum atomic E-state index is -4.84. The molecule has 1 amide bonds. The average Bonchev–Trinajstić information content (AvgIpc) is 2.60. The Morgan fingerprint density at radius 1 is 1.60 bits per heavy atom. The van der Waals surface area contributed by atoms with Gasteiger partial charge in [-0.1, -0.05) is 6.92 Å². The summed E-state index contributed by atoms with van der Waals surface area (Å²) in [6.45, 7) is 1.66. The summed E-state index contributed by atoms with van der Waals surface area (Å²) in [4.78, 5) is 17.1. The van der Waals surface area contributed by atoms with Crippen molar-refractivity contribution in [1.82, 2.24) is 15.3 Å². The fourth-order valence-corrected chi connectivity index (χ4v) is 0.951. The topological polar surface area (TPSA) is 57.8 Å². The highest BCUT2D eigenvalue weighted by molar-refractivity contribution is 5.81. The molecule has 15 heavy (non-hydrogen) atoms. The quantitative estimate of drug-likeness (QED) is 0.804. The van der Waals surface area contributed by atoms with E-state index in [2.05, 4.69) is 9.97 Å². The molecule has 0 fully saturated rings. The number of imidazole rings is 1. The third-order valence-corrected chi connectivity index (χ3v) is 1.71. The molecule has 1 rings (SSSR count). The number of rotatable bonds is 3. The van der Waals surface area contributed by atoms with E-state index in [4.69, 9.17) is 0 Å². The van der Waals surface area contributed by atoms with Gasteiger partial charge in [0.2, 0.25) is 0 Å². The van der Waals surface area contributed by atoms with Gasteiger partial charge in [-0.2, -0.15) is 13.2 Å². The van der Waals surface area contributed by atoms with E-state index >= 15 is 0 Å². The lowest BCUT2D eigenvalue weighted by Crippen LogP contribution is -2.36. The number of alkyl halides is 3. The van der Waals surface area contributed by atoms with E-state index in [0.29, 0.717) is 17.9 Å². The van der Waals surface area contributed by atoms with E-state index in [9.17, 15) is 18.0 Å². The minimum absolute atomic E-state index is 0.203. The molecule has 0 bridgehead atoms. The standard InChI is InChI=1S/C8H10F3N3O/c1-2-6-12-3-5(14-6)4-13-7(15)8(9,10)11/h3H,2,4H2,1H3,(H,12,14)(H,13,15). The van der Waals surface area contributed by atoms with Gasteiger partial charge in [-0.15, -0.1) is 0 Å². The van der Waals surface area contributed by atoms with Crippen LogP contribution in [0.25, 0.3) is 0 Å². The van der Waals surface area contributed by atoms with Crippen molar-refractivity contribution < 1.29 is 18.0 Å². The molecule has 84 valence electrons. The van der Waals surface area contributed by atoms with Crippen LogP contribution in [0.15, 0.2) is 6.20 Å². The fourth-order valence-electron chi connectivity index (χ4n) is 0.951. The number of nitrogens with one attached hydrogen (secondary N) is 2. The zero-order chi connectivity index (χ0) is 11.5. The molecule has 0 spiro atoms. The van der Waals surface area contributed by atoms with Crippen LogP contribution in [-0.2, 0) is 17.8 Å². The predicted molar refractivity (Wildman–Crippen MR) is 45.9 cm³/mol. The maximum atomic E-state index is 11.8. The first kappa shape index (κ1) is 11.5. The van der Waals surface area contributed by atoms with Gasteiger partial charge in [0.25, 0.3) is 0 Å². The molecular formula is C8H10F3N3O. The first-order valence-electron chi connectivity index (χ1n) is 4.31. The molecule has 0 atom stereocenters. The molecule has 1 aromatic rings. The molecule has 7 heteroatoms. The predicted octanol–water partition coefficient (Wildman–Crippen LogP) is 1.15. The van der Waals surface area contributed by atoms with Crippen LogP contribution < -0.4 is 5.32 Å². The summed E-state index contributed by atoms with van der Waals surface area (Å²) in [5, 5.41) is 1.74. The molecular weight excluding hydrogens is 211 g/mol. The summed E-state index contributed by atoms with van der Waals surface area (Å²) in [5.41, 5.74) is 0.449. The molecule has 0 aliphatic heterocycles. The number of carbonyl (C=O) groups is 1. The molecule has 0 aliphatic carbocycles. The monoisotopic (exact) mass is 221 g/mol. The fraction of sp³-hybridized carbons (Fsp3) is 0.500. The van der Waals surface area contributed by atoms with Gasteiger partial charge >= 0.3 is 12.1 Å². The minimum Gasteiger partial charge on any atom is -0.344 e. The Balaban J connectivity index is 2.47. The van der Waals surface area contributed by atoms with Crippen LogP contribution in [0, 0.1) is 0 Å². The smallest absolute Gasteiger partial charge is 0.344 e. The highest BCUT2D eigenvalue weighted by Gasteiger charge is 2.38. The maximum absolute atomic E-state index is 11.8. The molecule has 1 aromatic heterocycles. The Bertz CT molecular complexity index is 345. The first-order valence-corrected chi connectivity index (χ1v) is 4.31. The number of aromatic amines is 1. The Labute approximate surface area is 83.9 Å². The van der Waals surface area contributed by atoms with Gasteiger partial charge in [0.1, 0.15) is 5.82 Å². The number of H-pyrrole nitrogens is 1. The second kappa shape index (κ2) is 4.33. The molecule has 1 heterocycles. The number of amides is 1. The number of carbonyl (C=O) groups excluding carboxylic acids is 1. The summed E-state index contributed by atoms with van der Waals surface area (Å²) in [6, 6.07) is 0. The first-order chi connectivity index (χ1) is 6.93. The number of halogens is 3. The van der Waals surface area contributed by atoms with E-state index in [1.54, 1.807) is 5.32 Å². The largest absolute Gasteiger partial charge is 0.471 e. The lowest BCUT2D eigenvalue weighted by molar-refractivity contribution is -0.173. The van der Waals surface area contributed by atoms with Crippen molar-refractivity contribution in [2.45, 2.75) is 26.1 Å². The number of nitrogens with zero attached hydrogens (tertiary/aromatic N) is 1. The van der Waals surface area contributed by atoms with Crippen molar-refractivity contribution in [3.63, 3.8) is 0 Å². The lowest BCUT2D eigenvalue weighted by atomic mass is 10.4. The van der Waals surface area contributed by atoms with Crippen LogP contribution >= 0.6 is 0 Å². The zero-order valence-corrected chi connectivity index (χ0v) is 7.98. The van der Waals surface area contributed by atoms with Crippen LogP contribution in [-0.4, -0.2) is 22.1 Å². The number of hydrogen-bond acceptors (Lipinski definition) is 2. The number of aryl methyl sites for hydroxylation is 1. The van der Waals surface area contributed by atoms with Gasteiger partial charge in [-0.05, 0) is 0 Å². The van der Waals surface area contributed by atoms with E-state index in [0.717, 1.165) is 0 Å². The van der Waals surface area contributed by atoms with Gasteiger partial charge in [0.15, 0.2) is 0 Å². The highest BCUT2D eigenvalue weighted by Crippen LogP contribution is 2.14. The van der Waals surface area contributed by atoms with Crippen LogP contribution in [0.5, 0.6) is 0 Å². The van der Waals surface area contributed by atoms with Crippen LogP contribution in [0.1, 0.15) is 18.4 Å². The summed E-state index contributed by atoms with van der Waals surface area (Å²) >= 11 is 0. The zero-order valence-electron chi connectivity index (χ0n) is 7.98. The maximum Gasteiger partial charge on any atom is 0.471 e. The van der Waals surface area contributed by atoms with Crippen molar-refractivity contribution in [3.8, 4) is 0 Å². The summed E-state index contributed by atoms with van der Waals surface area (Å²) in [6.07, 6.45) is -2.78. The second-order valence-corrected chi connectivity index (χ2v) is 2.89. The Morgan fingerprint density at radius 3 is 2.73 bits per heavy atom. The van der Waals surface area contributed by atoms with Crippen molar-refractivity contribution in [3.05, 3.63) is 17.7 Å². The Morgan fingerprint density at radius 2 is 2.27 bits per heavy atom. The normalized spacial score (nSPS) is 11.5. The van der Waals surface area contributed by atoms with E-state index in [1.807, 2.05) is 6.92 Å². The third-order valence-electron chi connectivity index (χ3n) is 1.71. The van der Waals surface area contributed by atoms with Crippen LogP contribution in [0.4, 0.5) is 13.2 Å². The van der Waals surface area contributed by atoms with Gasteiger partial charge in [-0.25, -0.2) is 4.98 Å². The Kier molecular flexibility index (Phi) is 3.33. The van der Waals surface area contributed by atoms with Gasteiger partial charge in [0, 0.05) is 6.42 Å². The van der Waals surface area contributed by atoms with Gasteiger partial charge in [-0.3, -0.25) is 4.79 Å². The Hall–Kier alpha value is -1.53. The third kappa shape index (κ3) is 3.26. The van der Waals surface area contributed by atoms with E-state index in [-0.39, 0.29) is 6.54 Å². The number of aromatic nitrogens is 2. The van der Waals surface area contributed by atoms with E-state index in [1.165, 1.54) is 6.20 Å². The van der Waals surface area contributed by atoms with E-state index < -0.39 is 12.1 Å².